The van der Waals surface area contributed by atoms with Crippen LogP contribution in [-0.2, 0) is 10.0 Å². The van der Waals surface area contributed by atoms with E-state index < -0.39 is 15.8 Å². The zero-order valence-corrected chi connectivity index (χ0v) is 15.4. The van der Waals surface area contributed by atoms with Crippen molar-refractivity contribution in [2.75, 3.05) is 13.1 Å². The second kappa shape index (κ2) is 6.52. The zero-order valence-electron chi connectivity index (χ0n) is 14.6. The number of fused-ring (bicyclic) bond motifs is 1. The molecule has 2 heterocycles. The van der Waals surface area contributed by atoms with Gasteiger partial charge in [0, 0.05) is 30.2 Å². The van der Waals surface area contributed by atoms with Crippen molar-refractivity contribution in [1.29, 1.82) is 0 Å². The topological polar surface area (TPSA) is 53.2 Å². The molecule has 4 rings (SSSR count). The van der Waals surface area contributed by atoms with Crippen LogP contribution < -0.4 is 0 Å². The van der Waals surface area contributed by atoms with Gasteiger partial charge < -0.3 is 4.98 Å². The number of aryl methyl sites for hydroxylation is 1. The summed E-state index contributed by atoms with van der Waals surface area (Å²) in [4.78, 5) is 3.58. The Morgan fingerprint density at radius 2 is 1.96 bits per heavy atom. The van der Waals surface area contributed by atoms with Crippen molar-refractivity contribution in [2.24, 2.45) is 0 Å². The smallest absolute Gasteiger partial charge is 0.243 e. The summed E-state index contributed by atoms with van der Waals surface area (Å²) in [5.41, 5.74) is 2.48. The Balaban J connectivity index is 1.62. The lowest BCUT2D eigenvalue weighted by molar-refractivity contribution is 0.313. The molecular formula is C20H21FN2O2S. The summed E-state index contributed by atoms with van der Waals surface area (Å²) in [6.45, 7) is 2.51. The lowest BCUT2D eigenvalue weighted by atomic mass is 9.96. The first-order valence-electron chi connectivity index (χ1n) is 8.79. The molecule has 0 bridgehead atoms. The number of aromatic nitrogens is 1. The molecule has 1 aliphatic rings. The molecule has 0 spiro atoms. The van der Waals surface area contributed by atoms with Crippen molar-refractivity contribution in [3.8, 4) is 0 Å². The lowest BCUT2D eigenvalue weighted by Crippen LogP contribution is -2.39. The molecule has 0 saturated carbocycles. The SMILES string of the molecule is Cc1cc(S(=O)(=O)N2CCCC(c3cc4ccccc4[nH]3)C2)ccc1F. The second-order valence-electron chi connectivity index (χ2n) is 6.93. The second-order valence-corrected chi connectivity index (χ2v) is 8.86. The molecule has 1 unspecified atom stereocenters. The van der Waals surface area contributed by atoms with Crippen LogP contribution in [0.4, 0.5) is 4.39 Å². The molecule has 1 aromatic heterocycles. The Labute approximate surface area is 152 Å². The van der Waals surface area contributed by atoms with Gasteiger partial charge in [-0.1, -0.05) is 18.2 Å². The summed E-state index contributed by atoms with van der Waals surface area (Å²) in [5.74, 6) is -0.258. The van der Waals surface area contributed by atoms with Crippen LogP contribution in [0.5, 0.6) is 0 Å². The van der Waals surface area contributed by atoms with Crippen molar-refractivity contribution in [2.45, 2.75) is 30.6 Å². The van der Waals surface area contributed by atoms with Gasteiger partial charge in [0.2, 0.25) is 10.0 Å². The van der Waals surface area contributed by atoms with E-state index in [9.17, 15) is 12.8 Å². The summed E-state index contributed by atoms with van der Waals surface area (Å²) >= 11 is 0. The molecule has 0 amide bonds. The number of nitrogens with one attached hydrogen (secondary N) is 1. The first-order valence-corrected chi connectivity index (χ1v) is 10.2. The minimum atomic E-state index is -3.62. The number of rotatable bonds is 3. The molecule has 0 radical (unpaired) electrons. The number of H-pyrrole nitrogens is 1. The molecule has 2 aromatic carbocycles. The average Bonchev–Trinajstić information content (AvgIpc) is 3.08. The Kier molecular flexibility index (Phi) is 4.32. The van der Waals surface area contributed by atoms with Gasteiger partial charge in [-0.05, 0) is 61.0 Å². The summed E-state index contributed by atoms with van der Waals surface area (Å²) in [6, 6.07) is 14.2. The Morgan fingerprint density at radius 3 is 2.73 bits per heavy atom. The van der Waals surface area contributed by atoms with Crippen LogP contribution in [0.25, 0.3) is 10.9 Å². The van der Waals surface area contributed by atoms with Gasteiger partial charge in [-0.3, -0.25) is 0 Å². The fourth-order valence-electron chi connectivity index (χ4n) is 3.66. The largest absolute Gasteiger partial charge is 0.358 e. The van der Waals surface area contributed by atoms with Crippen LogP contribution in [0, 0.1) is 12.7 Å². The molecular weight excluding hydrogens is 351 g/mol. The number of para-hydroxylation sites is 1. The highest BCUT2D eigenvalue weighted by molar-refractivity contribution is 7.89. The van der Waals surface area contributed by atoms with Gasteiger partial charge in [0.15, 0.2) is 0 Å². The number of halogens is 1. The molecule has 1 fully saturated rings. The molecule has 1 aliphatic heterocycles. The van der Waals surface area contributed by atoms with E-state index in [2.05, 4.69) is 11.1 Å². The van der Waals surface area contributed by atoms with Crippen molar-refractivity contribution < 1.29 is 12.8 Å². The third-order valence-electron chi connectivity index (χ3n) is 5.14. The van der Waals surface area contributed by atoms with Crippen molar-refractivity contribution in [1.82, 2.24) is 9.29 Å². The van der Waals surface area contributed by atoms with Gasteiger partial charge >= 0.3 is 0 Å². The fourth-order valence-corrected chi connectivity index (χ4v) is 5.27. The van der Waals surface area contributed by atoms with E-state index in [1.165, 1.54) is 22.5 Å². The van der Waals surface area contributed by atoms with Crippen LogP contribution in [-0.4, -0.2) is 30.8 Å². The summed E-state index contributed by atoms with van der Waals surface area (Å²) in [6.07, 6.45) is 1.75. The molecule has 26 heavy (non-hydrogen) atoms. The summed E-state index contributed by atoms with van der Waals surface area (Å²) < 4.78 is 41.0. The number of aromatic amines is 1. The Bertz CT molecular complexity index is 1030. The van der Waals surface area contributed by atoms with Gasteiger partial charge in [0.05, 0.1) is 4.90 Å². The van der Waals surface area contributed by atoms with Crippen LogP contribution in [0.3, 0.4) is 0 Å². The molecule has 0 aliphatic carbocycles. The first-order chi connectivity index (χ1) is 12.4. The summed E-state index contributed by atoms with van der Waals surface area (Å²) in [5, 5.41) is 1.14. The van der Waals surface area contributed by atoms with E-state index in [0.717, 1.165) is 29.4 Å². The molecule has 1 N–H and O–H groups in total. The van der Waals surface area contributed by atoms with Crippen molar-refractivity contribution in [3.05, 3.63) is 65.6 Å². The normalized spacial score (nSPS) is 19.1. The monoisotopic (exact) mass is 372 g/mol. The predicted molar refractivity (Wildman–Crippen MR) is 100 cm³/mol. The highest BCUT2D eigenvalue weighted by atomic mass is 32.2. The maximum atomic E-state index is 13.5. The van der Waals surface area contributed by atoms with E-state index >= 15 is 0 Å². The third kappa shape index (κ3) is 3.04. The number of hydrogen-bond donors (Lipinski definition) is 1. The van der Waals surface area contributed by atoms with E-state index in [4.69, 9.17) is 0 Å². The van der Waals surface area contributed by atoms with Crippen LogP contribution in [0.1, 0.15) is 30.0 Å². The molecule has 6 heteroatoms. The lowest BCUT2D eigenvalue weighted by Gasteiger charge is -2.31. The zero-order chi connectivity index (χ0) is 18.3. The van der Waals surface area contributed by atoms with E-state index in [1.807, 2.05) is 24.3 Å². The minimum Gasteiger partial charge on any atom is -0.358 e. The van der Waals surface area contributed by atoms with Gasteiger partial charge in [-0.2, -0.15) is 4.31 Å². The standard InChI is InChI=1S/C20H21FN2O2S/c1-14-11-17(8-9-18(14)21)26(24,25)23-10-4-6-16(13-23)20-12-15-5-2-3-7-19(15)22-20/h2-3,5,7-9,11-12,16,22H,4,6,10,13H2,1H3. The number of benzene rings is 2. The van der Waals surface area contributed by atoms with Crippen molar-refractivity contribution >= 4 is 20.9 Å². The maximum Gasteiger partial charge on any atom is 0.243 e. The first kappa shape index (κ1) is 17.2. The van der Waals surface area contributed by atoms with Crippen molar-refractivity contribution in [3.63, 3.8) is 0 Å². The minimum absolute atomic E-state index is 0.132. The van der Waals surface area contributed by atoms with E-state index in [1.54, 1.807) is 6.92 Å². The highest BCUT2D eigenvalue weighted by Crippen LogP contribution is 2.31. The van der Waals surface area contributed by atoms with Crippen LogP contribution in [0.2, 0.25) is 0 Å². The number of piperidine rings is 1. The number of nitrogens with zero attached hydrogens (tertiary/aromatic N) is 1. The average molecular weight is 372 g/mol. The van der Waals surface area contributed by atoms with Crippen LogP contribution in [0.15, 0.2) is 53.4 Å². The van der Waals surface area contributed by atoms with Gasteiger partial charge in [-0.15, -0.1) is 0 Å². The van der Waals surface area contributed by atoms with E-state index in [0.29, 0.717) is 18.7 Å². The quantitative estimate of drug-likeness (QED) is 0.750. The van der Waals surface area contributed by atoms with E-state index in [-0.39, 0.29) is 10.8 Å². The molecule has 4 nitrogen and oxygen atoms in total. The molecule has 3 aromatic rings. The van der Waals surface area contributed by atoms with Gasteiger partial charge in [-0.25, -0.2) is 12.8 Å². The molecule has 1 saturated heterocycles. The highest BCUT2D eigenvalue weighted by Gasteiger charge is 2.31. The van der Waals surface area contributed by atoms with Crippen LogP contribution >= 0.6 is 0 Å². The third-order valence-corrected chi connectivity index (χ3v) is 7.00. The molecule has 136 valence electrons. The van der Waals surface area contributed by atoms with Gasteiger partial charge in [0.25, 0.3) is 0 Å². The Morgan fingerprint density at radius 1 is 1.15 bits per heavy atom. The number of hydrogen-bond acceptors (Lipinski definition) is 2. The van der Waals surface area contributed by atoms with Gasteiger partial charge in [0.1, 0.15) is 5.82 Å². The Hall–Kier alpha value is -2.18. The fraction of sp³-hybridized carbons (Fsp3) is 0.300. The number of sulfonamides is 1. The molecule has 1 atom stereocenters. The maximum absolute atomic E-state index is 13.5. The predicted octanol–water partition coefficient (Wildman–Crippen LogP) is 4.18. The summed E-state index contributed by atoms with van der Waals surface area (Å²) in [7, 11) is -3.62.